The van der Waals surface area contributed by atoms with Gasteiger partial charge in [0, 0.05) is 6.61 Å². The minimum Gasteiger partial charge on any atom is -0.374 e. The van der Waals surface area contributed by atoms with Crippen molar-refractivity contribution in [2.24, 2.45) is 5.41 Å². The molecule has 0 N–H and O–H groups in total. The van der Waals surface area contributed by atoms with Crippen molar-refractivity contribution in [3.63, 3.8) is 0 Å². The van der Waals surface area contributed by atoms with Gasteiger partial charge in [-0.15, -0.1) is 0 Å². The summed E-state index contributed by atoms with van der Waals surface area (Å²) in [7, 11) is 0. The molecule has 0 aromatic carbocycles. The molecule has 1 atom stereocenters. The average Bonchev–Trinajstić information content (AvgIpc) is 2.50. The Balaban J connectivity index is 2.95. The highest BCUT2D eigenvalue weighted by Gasteiger charge is 2.51. The summed E-state index contributed by atoms with van der Waals surface area (Å²) in [6.45, 7) is 10.4. The fraction of sp³-hybridized carbons (Fsp3) is 1.00. The van der Waals surface area contributed by atoms with Gasteiger partial charge in [0.25, 0.3) is 0 Å². The Morgan fingerprint density at radius 2 is 1.35 bits per heavy atom. The highest BCUT2D eigenvalue weighted by Crippen LogP contribution is 2.53. The summed E-state index contributed by atoms with van der Waals surface area (Å²) in [6.07, 6.45) is 15.9. The second-order valence-corrected chi connectivity index (χ2v) is 6.89. The van der Waals surface area contributed by atoms with Crippen LogP contribution in [0.15, 0.2) is 0 Å². The van der Waals surface area contributed by atoms with Gasteiger partial charge in [-0.05, 0) is 43.9 Å². The van der Waals surface area contributed by atoms with E-state index < -0.39 is 0 Å². The van der Waals surface area contributed by atoms with Gasteiger partial charge in [0.15, 0.2) is 0 Å². The molecule has 1 unspecified atom stereocenters. The molecule has 0 spiro atoms. The van der Waals surface area contributed by atoms with Gasteiger partial charge >= 0.3 is 0 Å². The maximum atomic E-state index is 6.57. The lowest BCUT2D eigenvalue weighted by Gasteiger charge is -2.54. The molecule has 1 fully saturated rings. The van der Waals surface area contributed by atoms with Crippen LogP contribution < -0.4 is 0 Å². The molecule has 1 heterocycles. The number of hydrogen-bond donors (Lipinski definition) is 0. The van der Waals surface area contributed by atoms with Crippen LogP contribution in [0.4, 0.5) is 0 Å². The van der Waals surface area contributed by atoms with Gasteiger partial charge in [0.2, 0.25) is 0 Å². The van der Waals surface area contributed by atoms with E-state index in [2.05, 4.69) is 27.7 Å². The summed E-state index contributed by atoms with van der Waals surface area (Å²) in [6, 6.07) is 0. The second-order valence-electron chi connectivity index (χ2n) is 6.89. The Hall–Kier alpha value is -0.0400. The number of ether oxygens (including phenoxy) is 1. The van der Waals surface area contributed by atoms with E-state index in [0.717, 1.165) is 6.61 Å². The van der Waals surface area contributed by atoms with Gasteiger partial charge < -0.3 is 4.74 Å². The zero-order chi connectivity index (χ0) is 14.9. The molecular weight excluding hydrogens is 244 g/mol. The third-order valence-electron chi connectivity index (χ3n) is 5.70. The molecule has 120 valence electrons. The molecular formula is C19H38O. The highest BCUT2D eigenvalue weighted by atomic mass is 16.5. The predicted molar refractivity (Wildman–Crippen MR) is 89.2 cm³/mol. The van der Waals surface area contributed by atoms with Gasteiger partial charge in [0.05, 0.1) is 5.60 Å². The third kappa shape index (κ3) is 4.00. The molecule has 0 amide bonds. The fourth-order valence-electron chi connectivity index (χ4n) is 4.33. The molecule has 1 aliphatic heterocycles. The fourth-order valence-corrected chi connectivity index (χ4v) is 4.33. The van der Waals surface area contributed by atoms with Crippen LogP contribution in [-0.2, 0) is 4.74 Å². The molecule has 1 saturated heterocycles. The molecule has 1 nitrogen and oxygen atoms in total. The molecule has 20 heavy (non-hydrogen) atoms. The van der Waals surface area contributed by atoms with Gasteiger partial charge in [-0.2, -0.15) is 0 Å². The maximum Gasteiger partial charge on any atom is 0.0738 e. The van der Waals surface area contributed by atoms with E-state index in [1.165, 1.54) is 77.0 Å². The Morgan fingerprint density at radius 3 is 1.85 bits per heavy atom. The Morgan fingerprint density at radius 1 is 0.800 bits per heavy atom. The standard InChI is InChI=1S/C19H38O/c1-5-9-13-18(8-4)14-12-17-20-19(18,15-10-6-2)16-11-7-3/h5-17H2,1-4H3. The van der Waals surface area contributed by atoms with Crippen LogP contribution in [0.5, 0.6) is 0 Å². The summed E-state index contributed by atoms with van der Waals surface area (Å²) in [4.78, 5) is 0. The molecule has 0 radical (unpaired) electrons. The number of unbranched alkanes of at least 4 members (excludes halogenated alkanes) is 3. The zero-order valence-corrected chi connectivity index (χ0v) is 14.6. The molecule has 0 aromatic heterocycles. The molecule has 1 rings (SSSR count). The van der Waals surface area contributed by atoms with Crippen molar-refractivity contribution in [3.05, 3.63) is 0 Å². The van der Waals surface area contributed by atoms with Crippen molar-refractivity contribution in [3.8, 4) is 0 Å². The van der Waals surface area contributed by atoms with E-state index in [1.54, 1.807) is 0 Å². The largest absolute Gasteiger partial charge is 0.374 e. The van der Waals surface area contributed by atoms with Crippen LogP contribution in [-0.4, -0.2) is 12.2 Å². The van der Waals surface area contributed by atoms with Gasteiger partial charge in [-0.1, -0.05) is 66.2 Å². The molecule has 0 aliphatic carbocycles. The lowest BCUT2D eigenvalue weighted by atomic mass is 9.59. The Labute approximate surface area is 127 Å². The number of hydrogen-bond acceptors (Lipinski definition) is 1. The van der Waals surface area contributed by atoms with E-state index in [1.807, 2.05) is 0 Å². The van der Waals surface area contributed by atoms with Crippen LogP contribution in [0, 0.1) is 5.41 Å². The Kier molecular flexibility index (Phi) is 8.17. The molecule has 1 aliphatic rings. The van der Waals surface area contributed by atoms with E-state index in [9.17, 15) is 0 Å². The van der Waals surface area contributed by atoms with Gasteiger partial charge in [-0.3, -0.25) is 0 Å². The van der Waals surface area contributed by atoms with Crippen LogP contribution in [0.1, 0.15) is 105 Å². The SMILES string of the molecule is CCCCC1(CC)CCCOC1(CCCC)CCCC. The van der Waals surface area contributed by atoms with Crippen LogP contribution >= 0.6 is 0 Å². The Bertz CT molecular complexity index is 240. The van der Waals surface area contributed by atoms with Crippen molar-refractivity contribution in [1.82, 2.24) is 0 Å². The topological polar surface area (TPSA) is 9.23 Å². The summed E-state index contributed by atoms with van der Waals surface area (Å²) in [5.41, 5.74) is 0.660. The normalized spacial score (nSPS) is 25.8. The van der Waals surface area contributed by atoms with Crippen LogP contribution in [0.25, 0.3) is 0 Å². The predicted octanol–water partition coefficient (Wildman–Crippen LogP) is 6.50. The first-order valence-corrected chi connectivity index (χ1v) is 9.34. The van der Waals surface area contributed by atoms with Gasteiger partial charge in [0.1, 0.15) is 0 Å². The minimum absolute atomic E-state index is 0.196. The molecule has 0 saturated carbocycles. The van der Waals surface area contributed by atoms with E-state index in [4.69, 9.17) is 4.74 Å². The summed E-state index contributed by atoms with van der Waals surface area (Å²) in [5.74, 6) is 0. The number of rotatable bonds is 10. The molecule has 0 aromatic rings. The monoisotopic (exact) mass is 282 g/mol. The quantitative estimate of drug-likeness (QED) is 0.444. The lowest BCUT2D eigenvalue weighted by Crippen LogP contribution is -2.53. The lowest BCUT2D eigenvalue weighted by molar-refractivity contribution is -0.187. The zero-order valence-electron chi connectivity index (χ0n) is 14.6. The smallest absolute Gasteiger partial charge is 0.0738 e. The molecule has 1 heteroatoms. The molecule has 0 bridgehead atoms. The summed E-state index contributed by atoms with van der Waals surface area (Å²) >= 11 is 0. The van der Waals surface area contributed by atoms with Crippen molar-refractivity contribution in [2.75, 3.05) is 6.61 Å². The highest BCUT2D eigenvalue weighted by molar-refractivity contribution is 5.01. The van der Waals surface area contributed by atoms with Crippen molar-refractivity contribution in [1.29, 1.82) is 0 Å². The van der Waals surface area contributed by atoms with E-state index in [0.29, 0.717) is 5.41 Å². The first-order valence-electron chi connectivity index (χ1n) is 9.34. The third-order valence-corrected chi connectivity index (χ3v) is 5.70. The maximum absolute atomic E-state index is 6.57. The first kappa shape index (κ1) is 18.0. The van der Waals surface area contributed by atoms with Crippen molar-refractivity contribution < 1.29 is 4.74 Å². The first-order chi connectivity index (χ1) is 9.70. The van der Waals surface area contributed by atoms with Gasteiger partial charge in [-0.25, -0.2) is 0 Å². The van der Waals surface area contributed by atoms with Crippen LogP contribution in [0.3, 0.4) is 0 Å². The van der Waals surface area contributed by atoms with Crippen LogP contribution in [0.2, 0.25) is 0 Å². The summed E-state index contributed by atoms with van der Waals surface area (Å²) in [5, 5.41) is 0. The van der Waals surface area contributed by atoms with E-state index >= 15 is 0 Å². The minimum atomic E-state index is 0.196. The summed E-state index contributed by atoms with van der Waals surface area (Å²) < 4.78 is 6.57. The average molecular weight is 283 g/mol. The van der Waals surface area contributed by atoms with Crippen molar-refractivity contribution >= 4 is 0 Å². The van der Waals surface area contributed by atoms with Crippen molar-refractivity contribution in [2.45, 2.75) is 110 Å². The van der Waals surface area contributed by atoms with E-state index in [-0.39, 0.29) is 5.60 Å². The second kappa shape index (κ2) is 9.07.